The highest BCUT2D eigenvalue weighted by Gasteiger charge is 2.20. The minimum absolute atomic E-state index is 0.196. The molecule has 5 heteroatoms. The van der Waals surface area contributed by atoms with Gasteiger partial charge < -0.3 is 14.5 Å². The van der Waals surface area contributed by atoms with Crippen LogP contribution in [0.2, 0.25) is 0 Å². The summed E-state index contributed by atoms with van der Waals surface area (Å²) in [6.07, 6.45) is 2.12. The van der Waals surface area contributed by atoms with Crippen LogP contribution >= 0.6 is 11.3 Å². The van der Waals surface area contributed by atoms with E-state index in [1.54, 1.807) is 18.4 Å². The summed E-state index contributed by atoms with van der Waals surface area (Å²) in [5.41, 5.74) is 0. The van der Waals surface area contributed by atoms with Crippen molar-refractivity contribution in [2.75, 3.05) is 46.4 Å². The molecule has 4 nitrogen and oxygen atoms in total. The summed E-state index contributed by atoms with van der Waals surface area (Å²) in [6.45, 7) is 7.68. The highest BCUT2D eigenvalue weighted by molar-refractivity contribution is 7.13. The maximum atomic E-state index is 12.4. The first kappa shape index (κ1) is 15.5. The van der Waals surface area contributed by atoms with Gasteiger partial charge in [-0.1, -0.05) is 0 Å². The van der Waals surface area contributed by atoms with E-state index in [0.717, 1.165) is 57.0 Å². The molecule has 0 aromatic carbocycles. The van der Waals surface area contributed by atoms with Crippen molar-refractivity contribution in [2.45, 2.75) is 19.8 Å². The third-order valence-corrected chi connectivity index (χ3v) is 4.64. The Morgan fingerprint density at radius 1 is 1.30 bits per heavy atom. The predicted octanol–water partition coefficient (Wildman–Crippen LogP) is 2.24. The van der Waals surface area contributed by atoms with Crippen LogP contribution in [0.1, 0.15) is 27.4 Å². The van der Waals surface area contributed by atoms with Gasteiger partial charge in [0.15, 0.2) is 0 Å². The van der Waals surface area contributed by atoms with E-state index >= 15 is 0 Å². The molecule has 0 spiro atoms. The molecule has 1 aromatic rings. The third-order valence-electron chi connectivity index (χ3n) is 3.65. The topological polar surface area (TPSA) is 32.8 Å². The van der Waals surface area contributed by atoms with Crippen molar-refractivity contribution in [3.05, 3.63) is 21.9 Å². The molecule has 20 heavy (non-hydrogen) atoms. The molecule has 2 heterocycles. The van der Waals surface area contributed by atoms with Gasteiger partial charge in [0.05, 0.1) is 4.88 Å². The Kier molecular flexibility index (Phi) is 6.01. The molecule has 1 amide bonds. The van der Waals surface area contributed by atoms with E-state index in [-0.39, 0.29) is 5.91 Å². The van der Waals surface area contributed by atoms with Gasteiger partial charge in [0.2, 0.25) is 0 Å². The lowest BCUT2D eigenvalue weighted by molar-refractivity contribution is 0.0765. The molecule has 1 aromatic heterocycles. The van der Waals surface area contributed by atoms with Crippen molar-refractivity contribution in [1.29, 1.82) is 0 Å². The summed E-state index contributed by atoms with van der Waals surface area (Å²) in [7, 11) is 1.74. The molecule has 1 aliphatic heterocycles. The minimum atomic E-state index is 0.196. The first-order valence-electron chi connectivity index (χ1n) is 7.27. The van der Waals surface area contributed by atoms with Gasteiger partial charge in [-0.3, -0.25) is 4.79 Å². The molecule has 0 radical (unpaired) electrons. The van der Waals surface area contributed by atoms with Crippen LogP contribution < -0.4 is 0 Å². The fourth-order valence-electron chi connectivity index (χ4n) is 2.54. The lowest BCUT2D eigenvalue weighted by Crippen LogP contribution is -2.35. The van der Waals surface area contributed by atoms with Crippen molar-refractivity contribution >= 4 is 17.2 Å². The van der Waals surface area contributed by atoms with E-state index in [1.807, 2.05) is 24.0 Å². The average molecular weight is 296 g/mol. The van der Waals surface area contributed by atoms with E-state index in [2.05, 4.69) is 4.90 Å². The van der Waals surface area contributed by atoms with Gasteiger partial charge in [0.25, 0.3) is 5.91 Å². The number of rotatable bonds is 5. The molecule has 112 valence electrons. The summed E-state index contributed by atoms with van der Waals surface area (Å²) < 4.78 is 5.09. The van der Waals surface area contributed by atoms with E-state index in [9.17, 15) is 4.79 Å². The van der Waals surface area contributed by atoms with Gasteiger partial charge in [0.1, 0.15) is 0 Å². The van der Waals surface area contributed by atoms with Crippen LogP contribution in [-0.2, 0) is 4.74 Å². The normalized spacial score (nSPS) is 17.2. The van der Waals surface area contributed by atoms with Gasteiger partial charge in [-0.2, -0.15) is 0 Å². The maximum absolute atomic E-state index is 12.4. The van der Waals surface area contributed by atoms with E-state index in [1.165, 1.54) is 4.88 Å². The molecule has 0 bridgehead atoms. The minimum Gasteiger partial charge on any atom is -0.385 e. The molecular weight excluding hydrogens is 272 g/mol. The zero-order chi connectivity index (χ0) is 14.4. The Morgan fingerprint density at radius 2 is 2.15 bits per heavy atom. The number of amides is 1. The van der Waals surface area contributed by atoms with E-state index in [4.69, 9.17) is 4.74 Å². The zero-order valence-corrected chi connectivity index (χ0v) is 13.2. The standard InChI is InChI=1S/C15H24N2O2S/c1-13-5-6-14(20-13)15(18)17-9-3-7-16(10-11-17)8-4-12-19-2/h5-6H,3-4,7-12H2,1-2H3. The van der Waals surface area contributed by atoms with Crippen molar-refractivity contribution < 1.29 is 9.53 Å². The summed E-state index contributed by atoms with van der Waals surface area (Å²) in [5, 5.41) is 0. The molecular formula is C15H24N2O2S. The lowest BCUT2D eigenvalue weighted by atomic mass is 10.3. The molecule has 0 saturated carbocycles. The fraction of sp³-hybridized carbons (Fsp3) is 0.667. The number of carbonyl (C=O) groups excluding carboxylic acids is 1. The van der Waals surface area contributed by atoms with E-state index < -0.39 is 0 Å². The number of carbonyl (C=O) groups is 1. The van der Waals surface area contributed by atoms with Crippen molar-refractivity contribution in [2.24, 2.45) is 0 Å². The zero-order valence-electron chi connectivity index (χ0n) is 12.4. The molecule has 2 rings (SSSR count). The molecule has 0 atom stereocenters. The Balaban J connectivity index is 1.84. The molecule has 1 fully saturated rings. The second-order valence-corrected chi connectivity index (χ2v) is 6.53. The van der Waals surface area contributed by atoms with Gasteiger partial charge in [0, 0.05) is 44.8 Å². The number of nitrogens with zero attached hydrogens (tertiary/aromatic N) is 2. The third kappa shape index (κ3) is 4.30. The highest BCUT2D eigenvalue weighted by Crippen LogP contribution is 2.18. The molecule has 0 N–H and O–H groups in total. The fourth-order valence-corrected chi connectivity index (χ4v) is 3.37. The molecule has 1 saturated heterocycles. The Labute approximate surface area is 125 Å². The maximum Gasteiger partial charge on any atom is 0.263 e. The summed E-state index contributed by atoms with van der Waals surface area (Å²) in [6, 6.07) is 3.97. The summed E-state index contributed by atoms with van der Waals surface area (Å²) in [5.74, 6) is 0.196. The highest BCUT2D eigenvalue weighted by atomic mass is 32.1. The monoisotopic (exact) mass is 296 g/mol. The smallest absolute Gasteiger partial charge is 0.263 e. The summed E-state index contributed by atoms with van der Waals surface area (Å²) >= 11 is 1.59. The quantitative estimate of drug-likeness (QED) is 0.781. The second-order valence-electron chi connectivity index (χ2n) is 5.24. The summed E-state index contributed by atoms with van der Waals surface area (Å²) in [4.78, 5) is 18.9. The van der Waals surface area contributed by atoms with Crippen LogP contribution in [0.4, 0.5) is 0 Å². The first-order valence-corrected chi connectivity index (χ1v) is 8.09. The van der Waals surface area contributed by atoms with Crippen molar-refractivity contribution in [3.8, 4) is 0 Å². The lowest BCUT2D eigenvalue weighted by Gasteiger charge is -2.21. The molecule has 0 aliphatic carbocycles. The van der Waals surface area contributed by atoms with Gasteiger partial charge in [-0.05, 0) is 38.4 Å². The van der Waals surface area contributed by atoms with Crippen molar-refractivity contribution in [1.82, 2.24) is 9.80 Å². The predicted molar refractivity (Wildman–Crippen MR) is 82.5 cm³/mol. The van der Waals surface area contributed by atoms with Crippen LogP contribution in [0.5, 0.6) is 0 Å². The van der Waals surface area contributed by atoms with Crippen LogP contribution in [0.3, 0.4) is 0 Å². The van der Waals surface area contributed by atoms with E-state index in [0.29, 0.717) is 0 Å². The Morgan fingerprint density at radius 3 is 2.85 bits per heavy atom. The van der Waals surface area contributed by atoms with Crippen LogP contribution in [0.25, 0.3) is 0 Å². The Hall–Kier alpha value is -0.910. The number of thiophene rings is 1. The SMILES string of the molecule is COCCCN1CCCN(C(=O)c2ccc(C)s2)CC1. The molecule has 0 unspecified atom stereocenters. The Bertz CT molecular complexity index is 433. The number of aryl methyl sites for hydroxylation is 1. The van der Waals surface area contributed by atoms with Gasteiger partial charge in [-0.25, -0.2) is 0 Å². The number of methoxy groups -OCH3 is 1. The largest absolute Gasteiger partial charge is 0.385 e. The number of hydrogen-bond donors (Lipinski definition) is 0. The van der Waals surface area contributed by atoms with Gasteiger partial charge >= 0.3 is 0 Å². The molecule has 1 aliphatic rings. The average Bonchev–Trinajstić information content (AvgIpc) is 2.74. The van der Waals surface area contributed by atoms with Crippen LogP contribution in [0, 0.1) is 6.92 Å². The van der Waals surface area contributed by atoms with Gasteiger partial charge in [-0.15, -0.1) is 11.3 Å². The first-order chi connectivity index (χ1) is 9.70. The van der Waals surface area contributed by atoms with Crippen LogP contribution in [0.15, 0.2) is 12.1 Å². The van der Waals surface area contributed by atoms with Crippen LogP contribution in [-0.4, -0.2) is 62.1 Å². The number of ether oxygens (including phenoxy) is 1. The number of hydrogen-bond acceptors (Lipinski definition) is 4. The second kappa shape index (κ2) is 7.76. The van der Waals surface area contributed by atoms with Crippen molar-refractivity contribution in [3.63, 3.8) is 0 Å².